The van der Waals surface area contributed by atoms with Crippen LogP contribution in [0.5, 0.6) is 0 Å². The van der Waals surface area contributed by atoms with Gasteiger partial charge >= 0.3 is 6.18 Å². The van der Waals surface area contributed by atoms with Gasteiger partial charge in [0.1, 0.15) is 5.82 Å². The maximum atomic E-state index is 13.6. The van der Waals surface area contributed by atoms with E-state index >= 15 is 0 Å². The molecule has 2 amide bonds. The van der Waals surface area contributed by atoms with E-state index in [0.717, 1.165) is 35.9 Å². The van der Waals surface area contributed by atoms with Gasteiger partial charge in [0.25, 0.3) is 5.91 Å². The molecule has 35 heavy (non-hydrogen) atoms. The number of pyridine rings is 1. The number of amides is 2. The normalized spacial score (nSPS) is 16.8. The lowest BCUT2D eigenvalue weighted by Gasteiger charge is -2.24. The number of hydrogen-bond acceptors (Lipinski definition) is 4. The number of nitrogens with zero attached hydrogens (tertiary/aromatic N) is 3. The molecule has 9 heteroatoms. The summed E-state index contributed by atoms with van der Waals surface area (Å²) in [7, 11) is 0. The highest BCUT2D eigenvalue weighted by Gasteiger charge is 2.32. The number of nitrogens with one attached hydrogen (secondary N) is 1. The molecule has 0 radical (unpaired) electrons. The second-order valence-corrected chi connectivity index (χ2v) is 9.04. The number of carbonyl (C=O) groups excluding carboxylic acids is 2. The Morgan fingerprint density at radius 1 is 0.943 bits per heavy atom. The zero-order valence-electron chi connectivity index (χ0n) is 19.0. The molecule has 2 aromatic carbocycles. The predicted molar refractivity (Wildman–Crippen MR) is 127 cm³/mol. The summed E-state index contributed by atoms with van der Waals surface area (Å²) in [6.07, 6.45) is -1.22. The molecule has 1 saturated carbocycles. The van der Waals surface area contributed by atoms with E-state index in [1.165, 1.54) is 6.07 Å². The van der Waals surface area contributed by atoms with Crippen molar-refractivity contribution in [3.63, 3.8) is 0 Å². The summed E-state index contributed by atoms with van der Waals surface area (Å²) >= 11 is 0. The topological polar surface area (TPSA) is 65.5 Å². The SMILES string of the molecule is O=C(Nc1cc2ccccc2cc1C(=O)N1CCCN(c2ccc(C(F)(F)F)cn2)CC1)C1CC1. The zero-order valence-corrected chi connectivity index (χ0v) is 19.0. The second-order valence-electron chi connectivity index (χ2n) is 9.04. The van der Waals surface area contributed by atoms with Crippen molar-refractivity contribution in [1.82, 2.24) is 9.88 Å². The number of fused-ring (bicyclic) bond motifs is 1. The molecule has 2 fully saturated rings. The fourth-order valence-corrected chi connectivity index (χ4v) is 4.36. The van der Waals surface area contributed by atoms with E-state index in [4.69, 9.17) is 0 Å². The van der Waals surface area contributed by atoms with Gasteiger partial charge in [0.15, 0.2) is 0 Å². The van der Waals surface area contributed by atoms with Gasteiger partial charge in [-0.2, -0.15) is 13.2 Å². The van der Waals surface area contributed by atoms with Crippen molar-refractivity contribution in [2.45, 2.75) is 25.4 Å². The van der Waals surface area contributed by atoms with Gasteiger partial charge < -0.3 is 15.1 Å². The van der Waals surface area contributed by atoms with Crippen molar-refractivity contribution in [2.75, 3.05) is 36.4 Å². The van der Waals surface area contributed by atoms with Crippen LogP contribution in [0.25, 0.3) is 10.8 Å². The Morgan fingerprint density at radius 3 is 2.34 bits per heavy atom. The van der Waals surface area contributed by atoms with Crippen molar-refractivity contribution in [3.05, 3.63) is 65.9 Å². The zero-order chi connectivity index (χ0) is 24.6. The Balaban J connectivity index is 1.35. The van der Waals surface area contributed by atoms with E-state index < -0.39 is 11.7 Å². The van der Waals surface area contributed by atoms with Crippen LogP contribution < -0.4 is 10.2 Å². The van der Waals surface area contributed by atoms with Crippen molar-refractivity contribution < 1.29 is 22.8 Å². The first kappa shape index (κ1) is 23.1. The Morgan fingerprint density at radius 2 is 1.69 bits per heavy atom. The largest absolute Gasteiger partial charge is 0.417 e. The molecule has 0 spiro atoms. The molecule has 0 bridgehead atoms. The van der Waals surface area contributed by atoms with Crippen LogP contribution in [0.2, 0.25) is 0 Å². The number of alkyl halides is 3. The quantitative estimate of drug-likeness (QED) is 0.571. The van der Waals surface area contributed by atoms with Crippen LogP contribution in [0.4, 0.5) is 24.7 Å². The molecule has 3 aromatic rings. The van der Waals surface area contributed by atoms with Crippen LogP contribution in [0.3, 0.4) is 0 Å². The molecule has 0 atom stereocenters. The van der Waals surface area contributed by atoms with Crippen molar-refractivity contribution >= 4 is 34.1 Å². The summed E-state index contributed by atoms with van der Waals surface area (Å²) in [6.45, 7) is 1.91. The first-order valence-electron chi connectivity index (χ1n) is 11.7. The summed E-state index contributed by atoms with van der Waals surface area (Å²) in [5.74, 6) is 0.219. The van der Waals surface area contributed by atoms with Crippen LogP contribution >= 0.6 is 0 Å². The first-order chi connectivity index (χ1) is 16.8. The van der Waals surface area contributed by atoms with E-state index in [0.29, 0.717) is 49.7 Å². The molecule has 1 aromatic heterocycles. The van der Waals surface area contributed by atoms with Crippen LogP contribution in [-0.2, 0) is 11.0 Å². The molecule has 1 aliphatic heterocycles. The lowest BCUT2D eigenvalue weighted by atomic mass is 10.0. The van der Waals surface area contributed by atoms with Gasteiger partial charge in [-0.1, -0.05) is 24.3 Å². The molecule has 5 rings (SSSR count). The van der Waals surface area contributed by atoms with Crippen LogP contribution in [0, 0.1) is 5.92 Å². The van der Waals surface area contributed by atoms with Gasteiger partial charge in [-0.3, -0.25) is 9.59 Å². The van der Waals surface area contributed by atoms with Crippen molar-refractivity contribution in [2.24, 2.45) is 5.92 Å². The number of anilines is 2. The van der Waals surface area contributed by atoms with Gasteiger partial charge in [-0.25, -0.2) is 4.98 Å². The number of rotatable bonds is 4. The summed E-state index contributed by atoms with van der Waals surface area (Å²) in [6, 6.07) is 13.7. The average molecular weight is 483 g/mol. The minimum absolute atomic E-state index is 0.00685. The van der Waals surface area contributed by atoms with Crippen LogP contribution in [0.1, 0.15) is 35.2 Å². The predicted octanol–water partition coefficient (Wildman–Crippen LogP) is 4.95. The highest BCUT2D eigenvalue weighted by molar-refractivity contribution is 6.08. The molecule has 6 nitrogen and oxygen atoms in total. The standard InChI is InChI=1S/C26H25F3N4O2/c27-26(28,29)20-8-9-23(30-16-20)32-10-3-11-33(13-12-32)25(35)21-14-18-4-1-2-5-19(18)15-22(21)31-24(34)17-6-7-17/h1-2,4-5,8-9,14-17H,3,6-7,10-13H2,(H,31,34). The van der Waals surface area contributed by atoms with E-state index in [1.54, 1.807) is 4.90 Å². The summed E-state index contributed by atoms with van der Waals surface area (Å²) in [5.41, 5.74) is 0.167. The smallest absolute Gasteiger partial charge is 0.355 e. The van der Waals surface area contributed by atoms with E-state index in [1.807, 2.05) is 41.3 Å². The monoisotopic (exact) mass is 482 g/mol. The molecule has 1 N–H and O–H groups in total. The third kappa shape index (κ3) is 5.08. The Labute approximate surface area is 200 Å². The Bertz CT molecular complexity index is 1260. The maximum absolute atomic E-state index is 13.6. The van der Waals surface area contributed by atoms with Gasteiger partial charge in [-0.15, -0.1) is 0 Å². The van der Waals surface area contributed by atoms with Crippen LogP contribution in [0.15, 0.2) is 54.7 Å². The van der Waals surface area contributed by atoms with Gasteiger partial charge in [0.05, 0.1) is 16.8 Å². The average Bonchev–Trinajstić information content (AvgIpc) is 3.70. The minimum atomic E-state index is -4.43. The van der Waals surface area contributed by atoms with Gasteiger partial charge in [0.2, 0.25) is 5.91 Å². The van der Waals surface area contributed by atoms with Gasteiger partial charge in [-0.05, 0) is 54.3 Å². The molecule has 182 valence electrons. The highest BCUT2D eigenvalue weighted by Crippen LogP contribution is 2.33. The van der Waals surface area contributed by atoms with E-state index in [9.17, 15) is 22.8 Å². The molecule has 0 unspecified atom stereocenters. The van der Waals surface area contributed by atoms with Crippen molar-refractivity contribution in [1.29, 1.82) is 0 Å². The second kappa shape index (κ2) is 9.20. The first-order valence-corrected chi connectivity index (χ1v) is 11.7. The summed E-state index contributed by atoms with van der Waals surface area (Å²) in [5, 5.41) is 4.80. The molecule has 1 saturated heterocycles. The number of carbonyl (C=O) groups is 2. The molecular weight excluding hydrogens is 457 g/mol. The molecule has 2 heterocycles. The Kier molecular flexibility index (Phi) is 6.08. The number of aromatic nitrogens is 1. The molecule has 1 aliphatic carbocycles. The van der Waals surface area contributed by atoms with Crippen molar-refractivity contribution in [3.8, 4) is 0 Å². The number of halogens is 3. The summed E-state index contributed by atoms with van der Waals surface area (Å²) in [4.78, 5) is 33.7. The lowest BCUT2D eigenvalue weighted by Crippen LogP contribution is -2.36. The maximum Gasteiger partial charge on any atom is 0.417 e. The van der Waals surface area contributed by atoms with E-state index in [2.05, 4.69) is 10.3 Å². The minimum Gasteiger partial charge on any atom is -0.355 e. The highest BCUT2D eigenvalue weighted by atomic mass is 19.4. The third-order valence-corrected chi connectivity index (χ3v) is 6.50. The van der Waals surface area contributed by atoms with Crippen LogP contribution in [-0.4, -0.2) is 47.9 Å². The fourth-order valence-electron chi connectivity index (χ4n) is 4.36. The summed E-state index contributed by atoms with van der Waals surface area (Å²) < 4.78 is 38.6. The van der Waals surface area contributed by atoms with Gasteiger partial charge in [0, 0.05) is 38.3 Å². The fraction of sp³-hybridized carbons (Fsp3) is 0.346. The number of hydrogen-bond donors (Lipinski definition) is 1. The third-order valence-electron chi connectivity index (χ3n) is 6.50. The number of benzene rings is 2. The molecule has 2 aliphatic rings. The lowest BCUT2D eigenvalue weighted by molar-refractivity contribution is -0.137. The van der Waals surface area contributed by atoms with E-state index in [-0.39, 0.29) is 17.7 Å². The Hall–Kier alpha value is -3.62. The molecular formula is C26H25F3N4O2.